The highest BCUT2D eigenvalue weighted by molar-refractivity contribution is 9.10. The Morgan fingerprint density at radius 3 is 2.73 bits per heavy atom. The molecule has 2 unspecified atom stereocenters. The minimum atomic E-state index is -0.440. The average molecular weight is 364 g/mol. The number of carbonyl (C=O) groups is 1. The monoisotopic (exact) mass is 363 g/mol. The van der Waals surface area contributed by atoms with Gasteiger partial charge in [0.1, 0.15) is 5.60 Å². The second-order valence-corrected chi connectivity index (χ2v) is 8.01. The Kier molecular flexibility index (Phi) is 4.06. The van der Waals surface area contributed by atoms with Crippen LogP contribution in [0.25, 0.3) is 5.57 Å². The molecule has 1 aromatic rings. The van der Waals surface area contributed by atoms with Gasteiger partial charge in [-0.1, -0.05) is 34.1 Å². The molecule has 2 heterocycles. The van der Waals surface area contributed by atoms with Crippen LogP contribution in [-0.4, -0.2) is 28.7 Å². The molecule has 0 aromatic heterocycles. The van der Waals surface area contributed by atoms with Crippen molar-refractivity contribution >= 4 is 27.6 Å². The Bertz CT molecular complexity index is 618. The summed E-state index contributed by atoms with van der Waals surface area (Å²) in [5, 5.41) is 0. The van der Waals surface area contributed by atoms with Crippen molar-refractivity contribution in [2.24, 2.45) is 0 Å². The van der Waals surface area contributed by atoms with Crippen LogP contribution in [0, 0.1) is 0 Å². The van der Waals surface area contributed by atoms with Crippen LogP contribution in [0.3, 0.4) is 0 Å². The average Bonchev–Trinajstić information content (AvgIpc) is 2.68. The number of benzene rings is 1. The number of fused-ring (bicyclic) bond motifs is 2. The fraction of sp³-hybridized carbons (Fsp3) is 0.500. The zero-order chi connectivity index (χ0) is 15.9. The largest absolute Gasteiger partial charge is 0.444 e. The van der Waals surface area contributed by atoms with Crippen LogP contribution >= 0.6 is 15.9 Å². The van der Waals surface area contributed by atoms with Gasteiger partial charge in [-0.2, -0.15) is 0 Å². The number of hydrogen-bond acceptors (Lipinski definition) is 2. The van der Waals surface area contributed by atoms with Gasteiger partial charge < -0.3 is 4.74 Å². The number of ether oxygens (including phenoxy) is 1. The number of hydrogen-bond donors (Lipinski definition) is 0. The van der Waals surface area contributed by atoms with Crippen molar-refractivity contribution in [1.82, 2.24) is 4.90 Å². The maximum Gasteiger partial charge on any atom is 0.411 e. The maximum absolute atomic E-state index is 12.4. The first-order valence-electron chi connectivity index (χ1n) is 7.81. The Morgan fingerprint density at radius 2 is 2.09 bits per heavy atom. The lowest BCUT2D eigenvalue weighted by atomic mass is 9.95. The molecule has 0 spiro atoms. The fourth-order valence-electron chi connectivity index (χ4n) is 3.33. The van der Waals surface area contributed by atoms with Crippen molar-refractivity contribution in [3.8, 4) is 0 Å². The highest BCUT2D eigenvalue weighted by Crippen LogP contribution is 2.39. The summed E-state index contributed by atoms with van der Waals surface area (Å²) in [5.41, 5.74) is 2.15. The molecule has 2 atom stereocenters. The van der Waals surface area contributed by atoms with Gasteiger partial charge in [0.15, 0.2) is 0 Å². The predicted molar refractivity (Wildman–Crippen MR) is 91.6 cm³/mol. The summed E-state index contributed by atoms with van der Waals surface area (Å²) in [4.78, 5) is 14.4. The molecule has 2 bridgehead atoms. The molecule has 1 saturated heterocycles. The van der Waals surface area contributed by atoms with E-state index in [4.69, 9.17) is 4.74 Å². The lowest BCUT2D eigenvalue weighted by Crippen LogP contribution is -2.45. The summed E-state index contributed by atoms with van der Waals surface area (Å²) in [6.07, 6.45) is 5.06. The Morgan fingerprint density at radius 1 is 1.32 bits per heavy atom. The standard InChI is InChI=1S/C18H22BrNO2/c1-18(2,3)22-17(21)20-15-7-8-16(20)11-13(10-15)12-5-4-6-14(19)9-12/h4-6,9-10,15-16H,7-8,11H2,1-3H3. The van der Waals surface area contributed by atoms with Gasteiger partial charge in [-0.05, 0) is 63.3 Å². The molecule has 118 valence electrons. The lowest BCUT2D eigenvalue weighted by molar-refractivity contribution is 0.0175. The molecular weight excluding hydrogens is 342 g/mol. The van der Waals surface area contributed by atoms with Gasteiger partial charge in [-0.15, -0.1) is 0 Å². The Labute approximate surface area is 140 Å². The molecule has 2 aliphatic heterocycles. The molecule has 0 radical (unpaired) electrons. The van der Waals surface area contributed by atoms with Crippen LogP contribution in [-0.2, 0) is 4.74 Å². The van der Waals surface area contributed by atoms with E-state index in [0.717, 1.165) is 23.7 Å². The van der Waals surface area contributed by atoms with Gasteiger partial charge >= 0.3 is 6.09 Å². The minimum Gasteiger partial charge on any atom is -0.444 e. The summed E-state index contributed by atoms with van der Waals surface area (Å²) < 4.78 is 6.66. The zero-order valence-corrected chi connectivity index (χ0v) is 14.9. The summed E-state index contributed by atoms with van der Waals surface area (Å²) in [5.74, 6) is 0. The molecule has 3 nitrogen and oxygen atoms in total. The predicted octanol–water partition coefficient (Wildman–Crippen LogP) is 5.00. The fourth-order valence-corrected chi connectivity index (χ4v) is 3.73. The first-order valence-corrected chi connectivity index (χ1v) is 8.61. The molecule has 0 N–H and O–H groups in total. The van der Waals surface area contributed by atoms with Gasteiger partial charge in [0.25, 0.3) is 0 Å². The highest BCUT2D eigenvalue weighted by atomic mass is 79.9. The molecule has 0 aliphatic carbocycles. The highest BCUT2D eigenvalue weighted by Gasteiger charge is 2.41. The molecular formula is C18H22BrNO2. The first kappa shape index (κ1) is 15.6. The van der Waals surface area contributed by atoms with Crippen LogP contribution in [0.2, 0.25) is 0 Å². The third-order valence-electron chi connectivity index (χ3n) is 4.20. The zero-order valence-electron chi connectivity index (χ0n) is 13.3. The van der Waals surface area contributed by atoms with Gasteiger partial charge in [0.05, 0.1) is 6.04 Å². The van der Waals surface area contributed by atoms with E-state index >= 15 is 0 Å². The maximum atomic E-state index is 12.4. The van der Waals surface area contributed by atoms with E-state index in [1.54, 1.807) is 0 Å². The van der Waals surface area contributed by atoms with E-state index < -0.39 is 5.60 Å². The molecule has 22 heavy (non-hydrogen) atoms. The van der Waals surface area contributed by atoms with Crippen molar-refractivity contribution in [2.75, 3.05) is 0 Å². The van der Waals surface area contributed by atoms with Crippen LogP contribution in [0.1, 0.15) is 45.6 Å². The van der Waals surface area contributed by atoms with Gasteiger partial charge in [0.2, 0.25) is 0 Å². The number of rotatable bonds is 1. The Hall–Kier alpha value is -1.29. The van der Waals surface area contributed by atoms with Gasteiger partial charge in [-0.25, -0.2) is 4.79 Å². The van der Waals surface area contributed by atoms with Crippen LogP contribution in [0.5, 0.6) is 0 Å². The SMILES string of the molecule is CC(C)(C)OC(=O)N1C2C=C(c3cccc(Br)c3)CC1CC2. The van der Waals surface area contributed by atoms with Crippen molar-refractivity contribution < 1.29 is 9.53 Å². The normalized spacial score (nSPS) is 24.2. The van der Waals surface area contributed by atoms with E-state index in [1.165, 1.54) is 11.1 Å². The van der Waals surface area contributed by atoms with E-state index in [0.29, 0.717) is 0 Å². The van der Waals surface area contributed by atoms with E-state index in [2.05, 4.69) is 40.2 Å². The summed E-state index contributed by atoms with van der Waals surface area (Å²) in [6.45, 7) is 5.75. The molecule has 3 rings (SSSR count). The lowest BCUT2D eigenvalue weighted by Gasteiger charge is -2.35. The smallest absolute Gasteiger partial charge is 0.411 e. The van der Waals surface area contributed by atoms with Crippen molar-refractivity contribution in [3.63, 3.8) is 0 Å². The minimum absolute atomic E-state index is 0.169. The van der Waals surface area contributed by atoms with Gasteiger partial charge in [-0.3, -0.25) is 4.90 Å². The number of amides is 1. The van der Waals surface area contributed by atoms with Crippen molar-refractivity contribution in [1.29, 1.82) is 0 Å². The summed E-state index contributed by atoms with van der Waals surface area (Å²) in [7, 11) is 0. The third kappa shape index (κ3) is 3.22. The number of carbonyl (C=O) groups excluding carboxylic acids is 1. The second kappa shape index (κ2) is 5.73. The molecule has 0 saturated carbocycles. The second-order valence-electron chi connectivity index (χ2n) is 7.09. The van der Waals surface area contributed by atoms with Crippen molar-refractivity contribution in [2.45, 2.75) is 57.7 Å². The van der Waals surface area contributed by atoms with E-state index in [1.807, 2.05) is 31.7 Å². The molecule has 1 aromatic carbocycles. The van der Waals surface area contributed by atoms with Crippen LogP contribution < -0.4 is 0 Å². The molecule has 2 aliphatic rings. The first-order chi connectivity index (χ1) is 10.3. The van der Waals surface area contributed by atoms with Crippen LogP contribution in [0.4, 0.5) is 4.79 Å². The molecule has 1 fully saturated rings. The number of nitrogens with zero attached hydrogens (tertiary/aromatic N) is 1. The molecule has 1 amide bonds. The molecule has 4 heteroatoms. The summed E-state index contributed by atoms with van der Waals surface area (Å²) in [6, 6.07) is 8.81. The van der Waals surface area contributed by atoms with Crippen molar-refractivity contribution in [3.05, 3.63) is 40.4 Å². The summed E-state index contributed by atoms with van der Waals surface area (Å²) >= 11 is 3.53. The Balaban J connectivity index is 1.82. The van der Waals surface area contributed by atoms with Gasteiger partial charge in [0, 0.05) is 10.5 Å². The van der Waals surface area contributed by atoms with E-state index in [9.17, 15) is 4.79 Å². The topological polar surface area (TPSA) is 29.5 Å². The van der Waals surface area contributed by atoms with Crippen LogP contribution in [0.15, 0.2) is 34.8 Å². The third-order valence-corrected chi connectivity index (χ3v) is 4.69. The number of halogens is 1. The van der Waals surface area contributed by atoms with E-state index in [-0.39, 0.29) is 18.2 Å². The quantitative estimate of drug-likeness (QED) is 0.702.